The minimum atomic E-state index is -0.680. The van der Waals surface area contributed by atoms with Crippen LogP contribution in [0, 0.1) is 17.9 Å². The number of hydrogen-bond acceptors (Lipinski definition) is 7. The minimum absolute atomic E-state index is 0.177. The van der Waals surface area contributed by atoms with Crippen molar-refractivity contribution in [1.29, 1.82) is 0 Å². The Bertz CT molecular complexity index is 1170. The summed E-state index contributed by atoms with van der Waals surface area (Å²) < 4.78 is 24.2. The van der Waals surface area contributed by atoms with Gasteiger partial charge < -0.3 is 20.0 Å². The van der Waals surface area contributed by atoms with Crippen LogP contribution in [-0.4, -0.2) is 42.7 Å². The van der Waals surface area contributed by atoms with E-state index in [0.29, 0.717) is 43.8 Å². The number of hydroxylamine groups is 2. The maximum atomic E-state index is 14.4. The van der Waals surface area contributed by atoms with Crippen molar-refractivity contribution in [3.63, 3.8) is 0 Å². The van der Waals surface area contributed by atoms with Crippen molar-refractivity contribution in [2.45, 2.75) is 32.7 Å². The van der Waals surface area contributed by atoms with Gasteiger partial charge in [-0.25, -0.2) is 9.37 Å². The molecule has 2 aromatic carbocycles. The van der Waals surface area contributed by atoms with Crippen molar-refractivity contribution in [2.24, 2.45) is 0 Å². The molecule has 0 saturated carbocycles. The van der Waals surface area contributed by atoms with Gasteiger partial charge >= 0.3 is 0 Å². The Labute approximate surface area is 197 Å². The van der Waals surface area contributed by atoms with Crippen molar-refractivity contribution >= 4 is 11.8 Å². The first-order chi connectivity index (χ1) is 16.5. The average Bonchev–Trinajstić information content (AvgIpc) is 3.37. The highest BCUT2D eigenvalue weighted by Gasteiger charge is 2.38. The van der Waals surface area contributed by atoms with Crippen molar-refractivity contribution in [1.82, 2.24) is 19.9 Å². The SMILES string of the molecule is Cc1cc(F)ccc1-c1nc(NCC2OCCO2)nc2c1CNC[N+]2([O-])[C@@H](C)c1ccccc1. The van der Waals surface area contributed by atoms with Gasteiger partial charge in [0.25, 0.3) is 0 Å². The van der Waals surface area contributed by atoms with E-state index in [2.05, 4.69) is 10.6 Å². The van der Waals surface area contributed by atoms with Gasteiger partial charge in [-0.15, -0.1) is 0 Å². The van der Waals surface area contributed by atoms with Crippen molar-refractivity contribution < 1.29 is 13.9 Å². The maximum absolute atomic E-state index is 14.4. The van der Waals surface area contributed by atoms with E-state index >= 15 is 0 Å². The molecular weight excluding hydrogens is 437 g/mol. The zero-order valence-electron chi connectivity index (χ0n) is 19.3. The molecule has 1 fully saturated rings. The summed E-state index contributed by atoms with van der Waals surface area (Å²) in [6.07, 6.45) is -0.396. The number of rotatable bonds is 6. The van der Waals surface area contributed by atoms with Crippen LogP contribution < -0.4 is 15.3 Å². The van der Waals surface area contributed by atoms with Crippen LogP contribution in [0.2, 0.25) is 0 Å². The normalized spacial score (nSPS) is 21.3. The molecule has 1 unspecified atom stereocenters. The summed E-state index contributed by atoms with van der Waals surface area (Å²) in [4.78, 5) is 9.48. The molecule has 0 spiro atoms. The third-order valence-electron chi connectivity index (χ3n) is 6.46. The van der Waals surface area contributed by atoms with Crippen LogP contribution in [-0.2, 0) is 16.0 Å². The van der Waals surface area contributed by atoms with Gasteiger partial charge in [0.2, 0.25) is 11.8 Å². The van der Waals surface area contributed by atoms with Crippen LogP contribution >= 0.6 is 0 Å². The number of aromatic nitrogens is 2. The summed E-state index contributed by atoms with van der Waals surface area (Å²) in [6, 6.07) is 13.9. The largest absolute Gasteiger partial charge is 0.625 e. The Hall–Kier alpha value is -2.95. The van der Waals surface area contributed by atoms with Gasteiger partial charge in [0, 0.05) is 17.7 Å². The molecule has 178 valence electrons. The van der Waals surface area contributed by atoms with E-state index in [0.717, 1.165) is 22.3 Å². The molecule has 0 amide bonds. The fourth-order valence-corrected chi connectivity index (χ4v) is 4.56. The van der Waals surface area contributed by atoms with Gasteiger partial charge in [0.05, 0.1) is 31.0 Å². The van der Waals surface area contributed by atoms with Crippen LogP contribution in [0.4, 0.5) is 16.2 Å². The van der Waals surface area contributed by atoms with Gasteiger partial charge in [-0.3, -0.25) is 9.96 Å². The van der Waals surface area contributed by atoms with Gasteiger partial charge in [-0.05, 0) is 37.6 Å². The first kappa shape index (κ1) is 22.8. The summed E-state index contributed by atoms with van der Waals surface area (Å²) in [6.45, 7) is 5.80. The number of fused-ring (bicyclic) bond motifs is 1. The molecule has 3 aromatic rings. The predicted octanol–water partition coefficient (Wildman–Crippen LogP) is 4.00. The number of quaternary nitrogens is 1. The average molecular weight is 466 g/mol. The lowest BCUT2D eigenvalue weighted by atomic mass is 9.99. The summed E-state index contributed by atoms with van der Waals surface area (Å²) in [5, 5.41) is 20.9. The molecule has 1 aromatic heterocycles. The van der Waals surface area contributed by atoms with Gasteiger partial charge in [0.1, 0.15) is 18.5 Å². The Balaban J connectivity index is 1.62. The lowest BCUT2D eigenvalue weighted by Crippen LogP contribution is -2.55. The molecule has 0 aliphatic carbocycles. The van der Waals surface area contributed by atoms with E-state index in [1.807, 2.05) is 44.2 Å². The maximum Gasteiger partial charge on any atom is 0.239 e. The van der Waals surface area contributed by atoms with Gasteiger partial charge in [0.15, 0.2) is 6.29 Å². The van der Waals surface area contributed by atoms with Crippen LogP contribution in [0.3, 0.4) is 0 Å². The van der Waals surface area contributed by atoms with E-state index in [9.17, 15) is 9.60 Å². The fourth-order valence-electron chi connectivity index (χ4n) is 4.56. The molecule has 5 rings (SSSR count). The molecule has 3 heterocycles. The molecule has 2 atom stereocenters. The molecule has 8 nitrogen and oxygen atoms in total. The van der Waals surface area contributed by atoms with E-state index in [4.69, 9.17) is 19.4 Å². The molecule has 2 aliphatic heterocycles. The molecule has 2 N–H and O–H groups in total. The monoisotopic (exact) mass is 465 g/mol. The molecule has 1 saturated heterocycles. The van der Waals surface area contributed by atoms with Crippen molar-refractivity contribution in [3.8, 4) is 11.3 Å². The number of nitrogens with zero attached hydrogens (tertiary/aromatic N) is 3. The fraction of sp³-hybridized carbons (Fsp3) is 0.360. The molecule has 34 heavy (non-hydrogen) atoms. The second-order valence-electron chi connectivity index (χ2n) is 8.68. The summed E-state index contributed by atoms with van der Waals surface area (Å²) >= 11 is 0. The Morgan fingerprint density at radius 1 is 1.18 bits per heavy atom. The van der Waals surface area contributed by atoms with Crippen LogP contribution in [0.5, 0.6) is 0 Å². The zero-order valence-corrected chi connectivity index (χ0v) is 19.3. The lowest BCUT2D eigenvalue weighted by Gasteiger charge is -2.49. The smallest absolute Gasteiger partial charge is 0.239 e. The van der Waals surface area contributed by atoms with Crippen molar-refractivity contribution in [2.75, 3.05) is 31.7 Å². The van der Waals surface area contributed by atoms with E-state index in [1.165, 1.54) is 12.1 Å². The second-order valence-corrected chi connectivity index (χ2v) is 8.68. The van der Waals surface area contributed by atoms with Crippen LogP contribution in [0.1, 0.15) is 29.7 Å². The first-order valence-corrected chi connectivity index (χ1v) is 11.4. The van der Waals surface area contributed by atoms with Gasteiger partial charge in [-0.2, -0.15) is 4.98 Å². The number of halogens is 1. The number of nitrogens with one attached hydrogen (secondary N) is 2. The molecule has 2 aliphatic rings. The summed E-state index contributed by atoms with van der Waals surface area (Å²) in [5.41, 5.74) is 3.76. The Morgan fingerprint density at radius 3 is 2.68 bits per heavy atom. The lowest BCUT2D eigenvalue weighted by molar-refractivity contribution is -0.0300. The zero-order chi connectivity index (χ0) is 23.7. The highest BCUT2D eigenvalue weighted by Crippen LogP contribution is 2.41. The number of ether oxygens (including phenoxy) is 2. The van der Waals surface area contributed by atoms with Crippen LogP contribution in [0.15, 0.2) is 48.5 Å². The Kier molecular flexibility index (Phi) is 6.28. The highest BCUT2D eigenvalue weighted by atomic mass is 19.1. The quantitative estimate of drug-likeness (QED) is 0.420. The van der Waals surface area contributed by atoms with E-state index in [-0.39, 0.29) is 12.5 Å². The van der Waals surface area contributed by atoms with E-state index < -0.39 is 17.0 Å². The Morgan fingerprint density at radius 2 is 1.94 bits per heavy atom. The molecule has 9 heteroatoms. The third-order valence-corrected chi connectivity index (χ3v) is 6.46. The molecule has 0 radical (unpaired) electrons. The topological polar surface area (TPSA) is 91.4 Å². The molecular formula is C25H28FN5O3. The second kappa shape index (κ2) is 9.36. The molecule has 0 bridgehead atoms. The number of hydrogen-bond donors (Lipinski definition) is 2. The number of anilines is 1. The van der Waals surface area contributed by atoms with Crippen molar-refractivity contribution in [3.05, 3.63) is 76.2 Å². The van der Waals surface area contributed by atoms with Crippen LogP contribution in [0.25, 0.3) is 11.3 Å². The summed E-state index contributed by atoms with van der Waals surface area (Å²) in [7, 11) is 0. The standard InChI is InChI=1S/C25H28FN5O3/c1-16-12-19(26)8-9-20(16)23-21-13-27-15-31(32,17(2)18-6-4-3-5-7-18)24(21)30-25(29-23)28-14-22-33-10-11-34-22/h3-9,12,17,22,27H,10-11,13-15H2,1-2H3,(H,28,29,30)/t17-,31?/m0/s1. The number of benzene rings is 2. The summed E-state index contributed by atoms with van der Waals surface area (Å²) in [5.74, 6) is 0.402. The minimum Gasteiger partial charge on any atom is -0.625 e. The van der Waals surface area contributed by atoms with Gasteiger partial charge in [-0.1, -0.05) is 30.3 Å². The van der Waals surface area contributed by atoms with E-state index in [1.54, 1.807) is 6.07 Å². The first-order valence-electron chi connectivity index (χ1n) is 11.4. The number of aryl methyl sites for hydroxylation is 1. The third kappa shape index (κ3) is 4.28. The predicted molar refractivity (Wildman–Crippen MR) is 128 cm³/mol. The highest BCUT2D eigenvalue weighted by molar-refractivity contribution is 5.73.